The van der Waals surface area contributed by atoms with Gasteiger partial charge in [-0.2, -0.15) is 10.2 Å². The molecular weight excluding hydrogens is 236 g/mol. The van der Waals surface area contributed by atoms with E-state index in [1.54, 1.807) is 12.5 Å². The number of imidazole rings is 1. The first-order chi connectivity index (χ1) is 9.42. The van der Waals surface area contributed by atoms with Crippen LogP contribution in [-0.2, 0) is 0 Å². The predicted octanol–water partition coefficient (Wildman–Crippen LogP) is 4.29. The Bertz CT molecular complexity index is 655. The molecule has 3 rings (SSSR count). The van der Waals surface area contributed by atoms with Crippen LogP contribution < -0.4 is 0 Å². The van der Waals surface area contributed by atoms with Crippen molar-refractivity contribution in [2.75, 3.05) is 0 Å². The lowest BCUT2D eigenvalue weighted by Crippen LogP contribution is -1.87. The van der Waals surface area contributed by atoms with Gasteiger partial charge in [0.1, 0.15) is 0 Å². The van der Waals surface area contributed by atoms with Crippen LogP contribution in [0.3, 0.4) is 0 Å². The minimum atomic E-state index is 0.827. The zero-order chi connectivity index (χ0) is 12.9. The Labute approximate surface area is 111 Å². The van der Waals surface area contributed by atoms with Crippen LogP contribution in [0, 0.1) is 0 Å². The van der Waals surface area contributed by atoms with Crippen molar-refractivity contribution in [2.45, 2.75) is 0 Å². The summed E-state index contributed by atoms with van der Waals surface area (Å²) in [5, 5.41) is 8.37. The second kappa shape index (κ2) is 5.27. The molecule has 0 N–H and O–H groups in total. The molecule has 0 aliphatic carbocycles. The van der Waals surface area contributed by atoms with Gasteiger partial charge in [-0.1, -0.05) is 18.2 Å². The number of aromatic nitrogens is 2. The number of benzene rings is 2. The molecule has 92 valence electrons. The van der Waals surface area contributed by atoms with Gasteiger partial charge < -0.3 is 4.57 Å². The third-order valence-electron chi connectivity index (χ3n) is 2.69. The Morgan fingerprint density at radius 2 is 1.47 bits per heavy atom. The van der Waals surface area contributed by atoms with Crippen molar-refractivity contribution in [3.05, 3.63) is 73.3 Å². The van der Waals surface area contributed by atoms with Crippen molar-refractivity contribution in [1.82, 2.24) is 9.55 Å². The van der Waals surface area contributed by atoms with Crippen LogP contribution in [0.2, 0.25) is 0 Å². The molecule has 0 radical (unpaired) electrons. The highest BCUT2D eigenvalue weighted by atomic mass is 15.1. The van der Waals surface area contributed by atoms with Crippen LogP contribution in [-0.4, -0.2) is 9.55 Å². The van der Waals surface area contributed by atoms with Crippen LogP contribution in [0.5, 0.6) is 0 Å². The standard InChI is InChI=1S/C15H12N4/c1-2-4-13(5-3-1)17-18-14-6-8-15(9-7-14)19-11-10-16-12-19/h1-12H/b18-17+. The average molecular weight is 248 g/mol. The minimum absolute atomic E-state index is 0.827. The van der Waals surface area contributed by atoms with Gasteiger partial charge >= 0.3 is 0 Å². The molecule has 0 aliphatic rings. The molecule has 0 saturated heterocycles. The van der Waals surface area contributed by atoms with E-state index in [1.807, 2.05) is 65.4 Å². The van der Waals surface area contributed by atoms with Crippen LogP contribution >= 0.6 is 0 Å². The maximum Gasteiger partial charge on any atom is 0.0991 e. The van der Waals surface area contributed by atoms with Crippen LogP contribution in [0.15, 0.2) is 83.5 Å². The van der Waals surface area contributed by atoms with Gasteiger partial charge in [-0.3, -0.25) is 0 Å². The minimum Gasteiger partial charge on any atom is -0.306 e. The summed E-state index contributed by atoms with van der Waals surface area (Å²) < 4.78 is 1.94. The van der Waals surface area contributed by atoms with Crippen LogP contribution in [0.25, 0.3) is 5.69 Å². The second-order valence-electron chi connectivity index (χ2n) is 4.02. The highest BCUT2D eigenvalue weighted by molar-refractivity contribution is 5.45. The topological polar surface area (TPSA) is 42.5 Å². The largest absolute Gasteiger partial charge is 0.306 e. The summed E-state index contributed by atoms with van der Waals surface area (Å²) in [6, 6.07) is 17.5. The fraction of sp³-hybridized carbons (Fsp3) is 0. The normalized spacial score (nSPS) is 10.9. The monoisotopic (exact) mass is 248 g/mol. The van der Waals surface area contributed by atoms with Gasteiger partial charge in [-0.15, -0.1) is 0 Å². The van der Waals surface area contributed by atoms with E-state index in [0.717, 1.165) is 17.1 Å². The van der Waals surface area contributed by atoms with Crippen molar-refractivity contribution in [3.8, 4) is 5.69 Å². The maximum atomic E-state index is 4.20. The quantitative estimate of drug-likeness (QED) is 0.637. The molecule has 0 atom stereocenters. The van der Waals surface area contributed by atoms with E-state index in [2.05, 4.69) is 15.2 Å². The molecule has 0 aliphatic heterocycles. The number of nitrogens with zero attached hydrogens (tertiary/aromatic N) is 4. The fourth-order valence-electron chi connectivity index (χ4n) is 1.71. The third-order valence-corrected chi connectivity index (χ3v) is 2.69. The fourth-order valence-corrected chi connectivity index (χ4v) is 1.71. The van der Waals surface area contributed by atoms with Crippen molar-refractivity contribution < 1.29 is 0 Å². The summed E-state index contributed by atoms with van der Waals surface area (Å²) in [5.74, 6) is 0. The van der Waals surface area contributed by atoms with Crippen molar-refractivity contribution >= 4 is 11.4 Å². The van der Waals surface area contributed by atoms with Gasteiger partial charge in [0.25, 0.3) is 0 Å². The number of hydrogen-bond acceptors (Lipinski definition) is 3. The highest BCUT2D eigenvalue weighted by Crippen LogP contribution is 2.19. The smallest absolute Gasteiger partial charge is 0.0991 e. The first-order valence-electron chi connectivity index (χ1n) is 5.97. The van der Waals surface area contributed by atoms with E-state index < -0.39 is 0 Å². The second-order valence-corrected chi connectivity index (χ2v) is 4.02. The van der Waals surface area contributed by atoms with Gasteiger partial charge in [-0.25, -0.2) is 4.98 Å². The Hall–Kier alpha value is -2.75. The number of hydrogen-bond donors (Lipinski definition) is 0. The zero-order valence-electron chi connectivity index (χ0n) is 10.2. The van der Waals surface area contributed by atoms with E-state index in [9.17, 15) is 0 Å². The Morgan fingerprint density at radius 3 is 2.11 bits per heavy atom. The maximum absolute atomic E-state index is 4.20. The summed E-state index contributed by atoms with van der Waals surface area (Å²) >= 11 is 0. The molecule has 0 saturated carbocycles. The molecule has 0 unspecified atom stereocenters. The van der Waals surface area contributed by atoms with E-state index >= 15 is 0 Å². The van der Waals surface area contributed by atoms with Gasteiger partial charge in [0, 0.05) is 18.1 Å². The van der Waals surface area contributed by atoms with E-state index in [1.165, 1.54) is 0 Å². The molecule has 0 spiro atoms. The van der Waals surface area contributed by atoms with Gasteiger partial charge in [-0.05, 0) is 36.4 Å². The molecule has 4 heteroatoms. The zero-order valence-corrected chi connectivity index (χ0v) is 10.2. The number of rotatable bonds is 3. The summed E-state index contributed by atoms with van der Waals surface area (Å²) in [6.07, 6.45) is 5.42. The SMILES string of the molecule is c1ccc(/N=N/c2ccc(-n3ccnc3)cc2)cc1. The molecule has 0 fully saturated rings. The van der Waals surface area contributed by atoms with Gasteiger partial charge in [0.05, 0.1) is 17.7 Å². The summed E-state index contributed by atoms with van der Waals surface area (Å²) in [5.41, 5.74) is 2.73. The van der Waals surface area contributed by atoms with Crippen molar-refractivity contribution in [1.29, 1.82) is 0 Å². The molecule has 0 amide bonds. The molecule has 3 aromatic rings. The molecule has 0 bridgehead atoms. The van der Waals surface area contributed by atoms with E-state index in [0.29, 0.717) is 0 Å². The lowest BCUT2D eigenvalue weighted by molar-refractivity contribution is 1.06. The molecule has 4 nitrogen and oxygen atoms in total. The van der Waals surface area contributed by atoms with E-state index in [4.69, 9.17) is 0 Å². The first kappa shape index (κ1) is 11.3. The highest BCUT2D eigenvalue weighted by Gasteiger charge is 1.95. The van der Waals surface area contributed by atoms with Gasteiger partial charge in [0.15, 0.2) is 0 Å². The van der Waals surface area contributed by atoms with Crippen LogP contribution in [0.1, 0.15) is 0 Å². The van der Waals surface area contributed by atoms with E-state index in [-0.39, 0.29) is 0 Å². The van der Waals surface area contributed by atoms with Gasteiger partial charge in [0.2, 0.25) is 0 Å². The Kier molecular flexibility index (Phi) is 3.14. The van der Waals surface area contributed by atoms with Crippen molar-refractivity contribution in [3.63, 3.8) is 0 Å². The summed E-state index contributed by atoms with van der Waals surface area (Å²) in [7, 11) is 0. The lowest BCUT2D eigenvalue weighted by Gasteiger charge is -2.01. The average Bonchev–Trinajstić information content (AvgIpc) is 3.01. The summed E-state index contributed by atoms with van der Waals surface area (Å²) in [6.45, 7) is 0. The Balaban J connectivity index is 1.78. The van der Waals surface area contributed by atoms with Crippen LogP contribution in [0.4, 0.5) is 11.4 Å². The van der Waals surface area contributed by atoms with Crippen molar-refractivity contribution in [2.24, 2.45) is 10.2 Å². The number of azo groups is 1. The molecule has 1 heterocycles. The third kappa shape index (κ3) is 2.74. The first-order valence-corrected chi connectivity index (χ1v) is 5.97. The molecule has 2 aromatic carbocycles. The summed E-state index contributed by atoms with van der Waals surface area (Å²) in [4.78, 5) is 4.02. The Morgan fingerprint density at radius 1 is 0.789 bits per heavy atom. The molecular formula is C15H12N4. The predicted molar refractivity (Wildman–Crippen MR) is 74.2 cm³/mol. The lowest BCUT2D eigenvalue weighted by atomic mass is 10.3. The molecule has 1 aromatic heterocycles. The molecule has 19 heavy (non-hydrogen) atoms.